The summed E-state index contributed by atoms with van der Waals surface area (Å²) >= 11 is 18.1. The zero-order valence-corrected chi connectivity index (χ0v) is 17.1. The van der Waals surface area contributed by atoms with Gasteiger partial charge in [-0.3, -0.25) is 14.6 Å². The number of nitrogens with zero attached hydrogens (tertiary/aromatic N) is 1. The summed E-state index contributed by atoms with van der Waals surface area (Å²) in [5, 5.41) is 3.91. The number of Topliss-reactive ketones (excluding diaryl/α,β-unsaturated/α-hetero) is 1. The molecule has 1 unspecified atom stereocenters. The highest BCUT2D eigenvalue weighted by Gasteiger charge is 2.45. The molecule has 1 aliphatic rings. The Morgan fingerprint density at radius 2 is 1.59 bits per heavy atom. The van der Waals surface area contributed by atoms with E-state index in [1.807, 2.05) is 6.07 Å². The van der Waals surface area contributed by atoms with Crippen LogP contribution >= 0.6 is 34.8 Å². The number of aliphatic imine (C=N–C) groups is 1. The van der Waals surface area contributed by atoms with Crippen molar-refractivity contribution in [3.63, 3.8) is 0 Å². The summed E-state index contributed by atoms with van der Waals surface area (Å²) in [5.41, 5.74) is 0.316. The highest BCUT2D eigenvalue weighted by molar-refractivity contribution is 6.42. The maximum Gasteiger partial charge on any atom is 0.252 e. The highest BCUT2D eigenvalue weighted by atomic mass is 35.5. The lowest BCUT2D eigenvalue weighted by Crippen LogP contribution is -2.52. The molecule has 0 saturated carbocycles. The fourth-order valence-corrected chi connectivity index (χ4v) is 3.69. The summed E-state index contributed by atoms with van der Waals surface area (Å²) in [6.07, 6.45) is 1.44. The smallest absolute Gasteiger partial charge is 0.252 e. The van der Waals surface area contributed by atoms with Crippen LogP contribution < -0.4 is 5.32 Å². The van der Waals surface area contributed by atoms with Crippen molar-refractivity contribution in [1.29, 1.82) is 0 Å². The summed E-state index contributed by atoms with van der Waals surface area (Å²) in [6, 6.07) is 18.2. The Labute approximate surface area is 182 Å². The number of ketones is 1. The quantitative estimate of drug-likeness (QED) is 0.513. The van der Waals surface area contributed by atoms with E-state index in [0.29, 0.717) is 26.9 Å². The van der Waals surface area contributed by atoms with Gasteiger partial charge in [0.05, 0.1) is 15.7 Å². The van der Waals surface area contributed by atoms with Crippen LogP contribution in [0.25, 0.3) is 0 Å². The Kier molecular flexibility index (Phi) is 5.17. The van der Waals surface area contributed by atoms with Crippen LogP contribution in [0.4, 0.5) is 5.69 Å². The number of hydrogen-bond donors (Lipinski definition) is 1. The molecule has 0 aromatic heterocycles. The summed E-state index contributed by atoms with van der Waals surface area (Å²) in [7, 11) is 0. The summed E-state index contributed by atoms with van der Waals surface area (Å²) < 4.78 is 0. The SMILES string of the molecule is O=C(NC1(C(=O)c2ccccc2)C=Nc2cc(Cl)ccc21)c1ccc(Cl)c(Cl)c1. The van der Waals surface area contributed by atoms with Gasteiger partial charge in [-0.2, -0.15) is 0 Å². The number of carbonyl (C=O) groups excluding carboxylic acids is 2. The summed E-state index contributed by atoms with van der Waals surface area (Å²) in [6.45, 7) is 0. The number of rotatable bonds is 4. The van der Waals surface area contributed by atoms with Crippen molar-refractivity contribution in [3.05, 3.63) is 98.5 Å². The number of nitrogens with one attached hydrogen (secondary N) is 1. The third-order valence-corrected chi connectivity index (χ3v) is 5.64. The minimum atomic E-state index is -1.47. The number of carbonyl (C=O) groups is 2. The maximum absolute atomic E-state index is 13.5. The lowest BCUT2D eigenvalue weighted by Gasteiger charge is -2.28. The molecule has 0 aliphatic carbocycles. The predicted octanol–water partition coefficient (Wildman–Crippen LogP) is 5.87. The average molecular weight is 444 g/mol. The summed E-state index contributed by atoms with van der Waals surface area (Å²) in [4.78, 5) is 30.9. The van der Waals surface area contributed by atoms with E-state index in [1.54, 1.807) is 48.5 Å². The molecule has 1 N–H and O–H groups in total. The molecule has 1 amide bonds. The van der Waals surface area contributed by atoms with Gasteiger partial charge in [0.25, 0.3) is 5.91 Å². The van der Waals surface area contributed by atoms with Gasteiger partial charge in [0, 0.05) is 27.9 Å². The van der Waals surface area contributed by atoms with Crippen LogP contribution in [0.1, 0.15) is 26.3 Å². The first-order chi connectivity index (χ1) is 13.9. The van der Waals surface area contributed by atoms with Gasteiger partial charge < -0.3 is 5.32 Å². The van der Waals surface area contributed by atoms with E-state index < -0.39 is 11.4 Å². The molecule has 0 bridgehead atoms. The minimum Gasteiger partial charge on any atom is -0.331 e. The molecule has 3 aromatic carbocycles. The molecule has 3 aromatic rings. The number of fused-ring (bicyclic) bond motifs is 1. The van der Waals surface area contributed by atoms with Crippen LogP contribution in [0.2, 0.25) is 15.1 Å². The van der Waals surface area contributed by atoms with Crippen molar-refractivity contribution < 1.29 is 9.59 Å². The number of amides is 1. The topological polar surface area (TPSA) is 58.5 Å². The van der Waals surface area contributed by atoms with E-state index in [2.05, 4.69) is 10.3 Å². The minimum absolute atomic E-state index is 0.245. The second-order valence-corrected chi connectivity index (χ2v) is 7.76. The molecule has 0 saturated heterocycles. The molecular weight excluding hydrogens is 431 g/mol. The van der Waals surface area contributed by atoms with Crippen LogP contribution in [-0.2, 0) is 5.54 Å². The first-order valence-corrected chi connectivity index (χ1v) is 9.77. The Morgan fingerprint density at radius 3 is 2.31 bits per heavy atom. The lowest BCUT2D eigenvalue weighted by atomic mass is 9.84. The van der Waals surface area contributed by atoms with Crippen molar-refractivity contribution in [2.24, 2.45) is 4.99 Å². The summed E-state index contributed by atoms with van der Waals surface area (Å²) in [5.74, 6) is -0.793. The number of hydrogen-bond acceptors (Lipinski definition) is 3. The molecular formula is C22H13Cl3N2O2. The van der Waals surface area contributed by atoms with Crippen LogP contribution in [0, 0.1) is 0 Å². The molecule has 4 nitrogen and oxygen atoms in total. The van der Waals surface area contributed by atoms with Gasteiger partial charge in [-0.15, -0.1) is 0 Å². The van der Waals surface area contributed by atoms with Gasteiger partial charge >= 0.3 is 0 Å². The van der Waals surface area contributed by atoms with Crippen molar-refractivity contribution in [2.75, 3.05) is 0 Å². The molecule has 1 heterocycles. The lowest BCUT2D eigenvalue weighted by molar-refractivity contribution is 0.0825. The third kappa shape index (κ3) is 3.55. The molecule has 144 valence electrons. The largest absolute Gasteiger partial charge is 0.331 e. The van der Waals surface area contributed by atoms with Crippen molar-refractivity contribution in [2.45, 2.75) is 5.54 Å². The van der Waals surface area contributed by atoms with Gasteiger partial charge in [-0.25, -0.2) is 0 Å². The monoisotopic (exact) mass is 442 g/mol. The van der Waals surface area contributed by atoms with E-state index in [4.69, 9.17) is 34.8 Å². The molecule has 1 atom stereocenters. The Hall–Kier alpha value is -2.66. The molecule has 7 heteroatoms. The normalized spacial score (nSPS) is 17.1. The van der Waals surface area contributed by atoms with Gasteiger partial charge in [0.2, 0.25) is 0 Å². The zero-order chi connectivity index (χ0) is 20.6. The molecule has 4 rings (SSSR count). The van der Waals surface area contributed by atoms with Gasteiger partial charge in [-0.05, 0) is 30.3 Å². The molecule has 0 fully saturated rings. The van der Waals surface area contributed by atoms with Gasteiger partial charge in [0.1, 0.15) is 0 Å². The predicted molar refractivity (Wildman–Crippen MR) is 116 cm³/mol. The fourth-order valence-electron chi connectivity index (χ4n) is 3.22. The molecule has 1 aliphatic heterocycles. The number of halogens is 3. The highest BCUT2D eigenvalue weighted by Crippen LogP contribution is 2.39. The first kappa shape index (κ1) is 19.6. The van der Waals surface area contributed by atoms with Crippen LogP contribution in [0.5, 0.6) is 0 Å². The molecule has 0 spiro atoms. The zero-order valence-electron chi connectivity index (χ0n) is 14.8. The van der Waals surface area contributed by atoms with Crippen LogP contribution in [0.15, 0.2) is 71.7 Å². The Bertz CT molecular complexity index is 1160. The van der Waals surface area contributed by atoms with E-state index in [0.717, 1.165) is 0 Å². The second-order valence-electron chi connectivity index (χ2n) is 6.51. The van der Waals surface area contributed by atoms with Gasteiger partial charge in [-0.1, -0.05) is 71.2 Å². The second kappa shape index (κ2) is 7.64. The van der Waals surface area contributed by atoms with Crippen molar-refractivity contribution in [1.82, 2.24) is 5.32 Å². The van der Waals surface area contributed by atoms with Crippen molar-refractivity contribution >= 4 is 58.4 Å². The van der Waals surface area contributed by atoms with E-state index in [9.17, 15) is 9.59 Å². The molecule has 29 heavy (non-hydrogen) atoms. The van der Waals surface area contributed by atoms with E-state index in [1.165, 1.54) is 18.3 Å². The fraction of sp³-hybridized carbons (Fsp3) is 0.0455. The van der Waals surface area contributed by atoms with E-state index in [-0.39, 0.29) is 16.4 Å². The molecule has 0 radical (unpaired) electrons. The first-order valence-electron chi connectivity index (χ1n) is 8.63. The van der Waals surface area contributed by atoms with Crippen LogP contribution in [0.3, 0.4) is 0 Å². The van der Waals surface area contributed by atoms with Crippen LogP contribution in [-0.4, -0.2) is 17.9 Å². The maximum atomic E-state index is 13.5. The van der Waals surface area contributed by atoms with Gasteiger partial charge in [0.15, 0.2) is 11.3 Å². The Balaban J connectivity index is 1.80. The third-order valence-electron chi connectivity index (χ3n) is 4.67. The standard InChI is InChI=1S/C22H13Cl3N2O2/c23-15-7-8-16-19(11-15)26-12-22(16,20(28)13-4-2-1-3-5-13)27-21(29)14-6-9-17(24)18(25)10-14/h1-12H,(H,27,29). The average Bonchev–Trinajstić information content (AvgIpc) is 3.08. The Morgan fingerprint density at radius 1 is 0.828 bits per heavy atom. The number of benzene rings is 3. The van der Waals surface area contributed by atoms with E-state index >= 15 is 0 Å². The van der Waals surface area contributed by atoms with Crippen molar-refractivity contribution in [3.8, 4) is 0 Å².